The summed E-state index contributed by atoms with van der Waals surface area (Å²) >= 11 is 0. The van der Waals surface area contributed by atoms with Gasteiger partial charge in [0.15, 0.2) is 0 Å². The van der Waals surface area contributed by atoms with Crippen molar-refractivity contribution in [2.75, 3.05) is 24.6 Å². The minimum Gasteiger partial charge on any atom is -0.395 e. The Hall–Kier alpha value is -1.06. The molecule has 1 aromatic rings. The standard InChI is InChI=1S/C14H24N2O/c1-3-4-9-16(10-11-17)14-7-5-13(6-8-14)12(2)15/h5-8,12,17H,3-4,9-11,15H2,1-2H3/t12-/m1/s1. The molecule has 3 heteroatoms. The average molecular weight is 236 g/mol. The van der Waals surface area contributed by atoms with Gasteiger partial charge in [0.2, 0.25) is 0 Å². The van der Waals surface area contributed by atoms with Gasteiger partial charge in [0, 0.05) is 24.8 Å². The smallest absolute Gasteiger partial charge is 0.0606 e. The maximum atomic E-state index is 9.08. The van der Waals surface area contributed by atoms with Gasteiger partial charge in [-0.3, -0.25) is 0 Å². The highest BCUT2D eigenvalue weighted by Crippen LogP contribution is 2.18. The summed E-state index contributed by atoms with van der Waals surface area (Å²) in [7, 11) is 0. The van der Waals surface area contributed by atoms with Gasteiger partial charge in [0.05, 0.1) is 6.61 Å². The Morgan fingerprint density at radius 3 is 2.35 bits per heavy atom. The largest absolute Gasteiger partial charge is 0.395 e. The Kier molecular flexibility index (Phi) is 6.01. The van der Waals surface area contributed by atoms with Crippen molar-refractivity contribution >= 4 is 5.69 Å². The van der Waals surface area contributed by atoms with E-state index in [1.54, 1.807) is 0 Å². The maximum Gasteiger partial charge on any atom is 0.0606 e. The third-order valence-corrected chi connectivity index (χ3v) is 2.94. The Balaban J connectivity index is 2.72. The lowest BCUT2D eigenvalue weighted by atomic mass is 10.1. The molecule has 0 aliphatic heterocycles. The van der Waals surface area contributed by atoms with Crippen LogP contribution in [0.2, 0.25) is 0 Å². The predicted octanol–water partition coefficient (Wildman–Crippen LogP) is 2.31. The summed E-state index contributed by atoms with van der Waals surface area (Å²) in [6, 6.07) is 8.38. The summed E-state index contributed by atoms with van der Waals surface area (Å²) in [6.07, 6.45) is 2.31. The molecule has 3 N–H and O–H groups in total. The van der Waals surface area contributed by atoms with Crippen LogP contribution >= 0.6 is 0 Å². The van der Waals surface area contributed by atoms with Crippen molar-refractivity contribution in [3.63, 3.8) is 0 Å². The second kappa shape index (κ2) is 7.30. The van der Waals surface area contributed by atoms with Crippen molar-refractivity contribution in [3.05, 3.63) is 29.8 Å². The van der Waals surface area contributed by atoms with E-state index in [9.17, 15) is 0 Å². The second-order valence-electron chi connectivity index (χ2n) is 4.44. The first kappa shape index (κ1) is 14.0. The molecule has 0 saturated carbocycles. The minimum absolute atomic E-state index is 0.0750. The second-order valence-corrected chi connectivity index (χ2v) is 4.44. The average Bonchev–Trinajstić information content (AvgIpc) is 2.34. The van der Waals surface area contributed by atoms with Gasteiger partial charge >= 0.3 is 0 Å². The molecule has 0 aliphatic rings. The fraction of sp³-hybridized carbons (Fsp3) is 0.571. The molecule has 0 amide bonds. The number of anilines is 1. The molecule has 3 nitrogen and oxygen atoms in total. The van der Waals surface area contributed by atoms with E-state index >= 15 is 0 Å². The van der Waals surface area contributed by atoms with Gasteiger partial charge in [-0.05, 0) is 31.0 Å². The van der Waals surface area contributed by atoms with Crippen molar-refractivity contribution in [2.45, 2.75) is 32.7 Å². The molecule has 17 heavy (non-hydrogen) atoms. The molecule has 0 fully saturated rings. The van der Waals surface area contributed by atoms with Crippen molar-refractivity contribution in [2.24, 2.45) is 5.73 Å². The highest BCUT2D eigenvalue weighted by Gasteiger charge is 2.06. The quantitative estimate of drug-likeness (QED) is 0.763. The number of rotatable bonds is 7. The number of nitrogens with two attached hydrogens (primary N) is 1. The zero-order valence-corrected chi connectivity index (χ0v) is 10.9. The Labute approximate surface area is 104 Å². The van der Waals surface area contributed by atoms with Crippen LogP contribution in [0.4, 0.5) is 5.69 Å². The normalized spacial score (nSPS) is 12.5. The van der Waals surface area contributed by atoms with Crippen LogP contribution in [-0.2, 0) is 0 Å². The number of hydrogen-bond acceptors (Lipinski definition) is 3. The highest BCUT2D eigenvalue weighted by atomic mass is 16.3. The van der Waals surface area contributed by atoms with E-state index < -0.39 is 0 Å². The van der Waals surface area contributed by atoms with Crippen molar-refractivity contribution < 1.29 is 5.11 Å². The summed E-state index contributed by atoms with van der Waals surface area (Å²) in [5.41, 5.74) is 8.14. The molecular weight excluding hydrogens is 212 g/mol. The van der Waals surface area contributed by atoms with Gasteiger partial charge in [0.25, 0.3) is 0 Å². The summed E-state index contributed by atoms with van der Waals surface area (Å²) in [5, 5.41) is 9.08. The first-order valence-electron chi connectivity index (χ1n) is 6.40. The molecule has 0 bridgehead atoms. The third kappa shape index (κ3) is 4.36. The third-order valence-electron chi connectivity index (χ3n) is 2.94. The van der Waals surface area contributed by atoms with Crippen molar-refractivity contribution in [3.8, 4) is 0 Å². The Morgan fingerprint density at radius 2 is 1.88 bits per heavy atom. The highest BCUT2D eigenvalue weighted by molar-refractivity contribution is 5.48. The van der Waals surface area contributed by atoms with Crippen molar-refractivity contribution in [1.82, 2.24) is 0 Å². The van der Waals surface area contributed by atoms with E-state index in [0.717, 1.165) is 24.2 Å². The summed E-state index contributed by atoms with van der Waals surface area (Å²) in [4.78, 5) is 2.22. The first-order chi connectivity index (χ1) is 8.19. The molecule has 0 unspecified atom stereocenters. The van der Waals surface area contributed by atoms with Crippen LogP contribution < -0.4 is 10.6 Å². The lowest BCUT2D eigenvalue weighted by Crippen LogP contribution is -2.27. The monoisotopic (exact) mass is 236 g/mol. The molecule has 1 aromatic carbocycles. The molecule has 0 spiro atoms. The Bertz CT molecular complexity index is 309. The van der Waals surface area contributed by atoms with Crippen LogP contribution in [0, 0.1) is 0 Å². The molecule has 0 aromatic heterocycles. The molecule has 0 heterocycles. The van der Waals surface area contributed by atoms with E-state index in [0.29, 0.717) is 6.54 Å². The maximum absolute atomic E-state index is 9.08. The van der Waals surface area contributed by atoms with Gasteiger partial charge in [0.1, 0.15) is 0 Å². The van der Waals surface area contributed by atoms with Gasteiger partial charge in [-0.2, -0.15) is 0 Å². The Morgan fingerprint density at radius 1 is 1.24 bits per heavy atom. The summed E-state index contributed by atoms with van der Waals surface area (Å²) in [6.45, 7) is 6.04. The first-order valence-corrected chi connectivity index (χ1v) is 6.40. The van der Waals surface area contributed by atoms with Crippen LogP contribution in [0.25, 0.3) is 0 Å². The number of aliphatic hydroxyl groups excluding tert-OH is 1. The van der Waals surface area contributed by atoms with E-state index in [-0.39, 0.29) is 12.6 Å². The number of hydrogen-bond donors (Lipinski definition) is 2. The minimum atomic E-state index is 0.0750. The fourth-order valence-electron chi connectivity index (χ4n) is 1.83. The van der Waals surface area contributed by atoms with E-state index in [4.69, 9.17) is 10.8 Å². The zero-order valence-electron chi connectivity index (χ0n) is 10.9. The molecule has 96 valence electrons. The molecular formula is C14H24N2O. The van der Waals surface area contributed by atoms with E-state index in [2.05, 4.69) is 36.1 Å². The summed E-state index contributed by atoms with van der Waals surface area (Å²) in [5.74, 6) is 0. The topological polar surface area (TPSA) is 49.5 Å². The molecule has 0 saturated heterocycles. The SMILES string of the molecule is CCCCN(CCO)c1ccc([C@@H](C)N)cc1. The van der Waals surface area contributed by atoms with Crippen LogP contribution in [0.15, 0.2) is 24.3 Å². The van der Waals surface area contributed by atoms with Gasteiger partial charge in [-0.1, -0.05) is 25.5 Å². The summed E-state index contributed by atoms with van der Waals surface area (Å²) < 4.78 is 0. The molecule has 1 rings (SSSR count). The van der Waals surface area contributed by atoms with Crippen molar-refractivity contribution in [1.29, 1.82) is 0 Å². The zero-order chi connectivity index (χ0) is 12.7. The van der Waals surface area contributed by atoms with Crippen LogP contribution in [-0.4, -0.2) is 24.8 Å². The van der Waals surface area contributed by atoms with Gasteiger partial charge in [-0.15, -0.1) is 0 Å². The molecule has 1 atom stereocenters. The molecule has 0 radical (unpaired) electrons. The lowest BCUT2D eigenvalue weighted by Gasteiger charge is -2.24. The van der Waals surface area contributed by atoms with E-state index in [1.165, 1.54) is 6.42 Å². The number of aliphatic hydroxyl groups is 1. The number of benzene rings is 1. The van der Waals surface area contributed by atoms with Crippen LogP contribution in [0.1, 0.15) is 38.3 Å². The lowest BCUT2D eigenvalue weighted by molar-refractivity contribution is 0.301. The van der Waals surface area contributed by atoms with E-state index in [1.807, 2.05) is 6.92 Å². The fourth-order valence-corrected chi connectivity index (χ4v) is 1.83. The van der Waals surface area contributed by atoms with Crippen LogP contribution in [0.3, 0.4) is 0 Å². The predicted molar refractivity (Wildman–Crippen MR) is 73.3 cm³/mol. The molecule has 0 aliphatic carbocycles. The van der Waals surface area contributed by atoms with Crippen LogP contribution in [0.5, 0.6) is 0 Å². The number of unbranched alkanes of at least 4 members (excludes halogenated alkanes) is 1. The van der Waals surface area contributed by atoms with Gasteiger partial charge in [-0.25, -0.2) is 0 Å². The number of nitrogens with zero attached hydrogens (tertiary/aromatic N) is 1. The van der Waals surface area contributed by atoms with Gasteiger partial charge < -0.3 is 15.7 Å².